The van der Waals surface area contributed by atoms with Crippen LogP contribution in [-0.4, -0.2) is 31.4 Å². The molecular formula is C13H16N6OS2. The highest BCUT2D eigenvalue weighted by atomic mass is 32.2. The van der Waals surface area contributed by atoms with Crippen molar-refractivity contribution in [3.63, 3.8) is 0 Å². The summed E-state index contributed by atoms with van der Waals surface area (Å²) in [4.78, 5) is 12.3. The summed E-state index contributed by atoms with van der Waals surface area (Å²) in [6.45, 7) is 7.75. The predicted octanol–water partition coefficient (Wildman–Crippen LogP) is 2.48. The van der Waals surface area contributed by atoms with Crippen molar-refractivity contribution in [1.82, 2.24) is 20.2 Å². The van der Waals surface area contributed by atoms with Crippen LogP contribution in [0.1, 0.15) is 33.3 Å². The third-order valence-electron chi connectivity index (χ3n) is 2.75. The van der Waals surface area contributed by atoms with Crippen LogP contribution in [0.25, 0.3) is 0 Å². The highest BCUT2D eigenvalue weighted by molar-refractivity contribution is 8.00. The summed E-state index contributed by atoms with van der Waals surface area (Å²) in [5.74, 6) is -0.188. The summed E-state index contributed by atoms with van der Waals surface area (Å²) in [7, 11) is 0. The molecule has 0 aromatic carbocycles. The van der Waals surface area contributed by atoms with Crippen molar-refractivity contribution in [2.75, 3.05) is 5.32 Å². The number of amides is 1. The van der Waals surface area contributed by atoms with E-state index in [1.807, 2.05) is 26.8 Å². The Kier molecular flexibility index (Phi) is 4.83. The molecule has 2 aromatic heterocycles. The third-order valence-corrected chi connectivity index (χ3v) is 4.61. The molecule has 0 saturated carbocycles. The summed E-state index contributed by atoms with van der Waals surface area (Å²) in [5, 5.41) is 25.9. The number of nitrogens with zero attached hydrogens (tertiary/aromatic N) is 5. The van der Waals surface area contributed by atoms with E-state index in [4.69, 9.17) is 5.26 Å². The van der Waals surface area contributed by atoms with Gasteiger partial charge in [-0.15, -0.1) is 16.4 Å². The average molecular weight is 336 g/mol. The van der Waals surface area contributed by atoms with Gasteiger partial charge in [0.25, 0.3) is 0 Å². The molecule has 0 aliphatic heterocycles. The Hall–Kier alpha value is -1.92. The van der Waals surface area contributed by atoms with Crippen LogP contribution in [0, 0.1) is 11.3 Å². The van der Waals surface area contributed by atoms with Gasteiger partial charge in [-0.25, -0.2) is 4.68 Å². The van der Waals surface area contributed by atoms with Crippen LogP contribution in [0.3, 0.4) is 0 Å². The van der Waals surface area contributed by atoms with E-state index in [9.17, 15) is 4.79 Å². The zero-order valence-corrected chi connectivity index (χ0v) is 14.3. The lowest BCUT2D eigenvalue weighted by Crippen LogP contribution is -2.26. The summed E-state index contributed by atoms with van der Waals surface area (Å²) in [6.07, 6.45) is 0. The first-order valence-electron chi connectivity index (χ1n) is 6.57. The highest BCUT2D eigenvalue weighted by Crippen LogP contribution is 2.27. The maximum absolute atomic E-state index is 12.3. The van der Waals surface area contributed by atoms with Gasteiger partial charge in [0.1, 0.15) is 11.1 Å². The number of carbonyl (C=O) groups excluding carboxylic acids is 1. The average Bonchev–Trinajstić information content (AvgIpc) is 3.06. The molecule has 1 unspecified atom stereocenters. The predicted molar refractivity (Wildman–Crippen MR) is 85.8 cm³/mol. The van der Waals surface area contributed by atoms with E-state index in [1.54, 1.807) is 23.1 Å². The molecule has 0 aliphatic carbocycles. The van der Waals surface area contributed by atoms with Crippen molar-refractivity contribution in [2.45, 2.75) is 43.6 Å². The van der Waals surface area contributed by atoms with Gasteiger partial charge in [-0.1, -0.05) is 11.8 Å². The summed E-state index contributed by atoms with van der Waals surface area (Å²) < 4.78 is 1.69. The first kappa shape index (κ1) is 16.5. The van der Waals surface area contributed by atoms with Gasteiger partial charge in [0, 0.05) is 0 Å². The molecule has 1 amide bonds. The van der Waals surface area contributed by atoms with Crippen LogP contribution in [-0.2, 0) is 10.3 Å². The molecule has 0 bridgehead atoms. The second-order valence-corrected chi connectivity index (χ2v) is 7.79. The minimum atomic E-state index is -0.388. The fraction of sp³-hybridized carbons (Fsp3) is 0.462. The summed E-state index contributed by atoms with van der Waals surface area (Å²) in [6, 6.07) is 3.73. The van der Waals surface area contributed by atoms with Gasteiger partial charge in [-0.2, -0.15) is 5.26 Å². The number of tetrazole rings is 1. The lowest BCUT2D eigenvalue weighted by atomic mass is 10.1. The first-order valence-corrected chi connectivity index (χ1v) is 8.33. The fourth-order valence-corrected chi connectivity index (χ4v) is 3.31. The molecule has 116 valence electrons. The topological polar surface area (TPSA) is 96.5 Å². The summed E-state index contributed by atoms with van der Waals surface area (Å²) in [5.41, 5.74) is 0.208. The van der Waals surface area contributed by atoms with Crippen molar-refractivity contribution in [1.29, 1.82) is 5.26 Å². The monoisotopic (exact) mass is 336 g/mol. The number of anilines is 1. The van der Waals surface area contributed by atoms with Gasteiger partial charge in [0.2, 0.25) is 11.1 Å². The van der Waals surface area contributed by atoms with Gasteiger partial charge in [-0.05, 0) is 49.6 Å². The Morgan fingerprint density at radius 3 is 2.91 bits per heavy atom. The molecule has 0 saturated heterocycles. The van der Waals surface area contributed by atoms with Gasteiger partial charge < -0.3 is 5.32 Å². The minimum Gasteiger partial charge on any atom is -0.316 e. The Morgan fingerprint density at radius 1 is 1.55 bits per heavy atom. The molecule has 2 rings (SSSR count). The molecule has 7 nitrogen and oxygen atoms in total. The van der Waals surface area contributed by atoms with Gasteiger partial charge in [0.15, 0.2) is 0 Å². The maximum Gasteiger partial charge on any atom is 0.238 e. The number of hydrogen-bond acceptors (Lipinski definition) is 7. The molecular weight excluding hydrogens is 320 g/mol. The number of rotatable bonds is 4. The lowest BCUT2D eigenvalue weighted by Gasteiger charge is -2.20. The third kappa shape index (κ3) is 3.64. The molecule has 1 atom stereocenters. The van der Waals surface area contributed by atoms with E-state index in [-0.39, 0.29) is 16.7 Å². The molecule has 0 spiro atoms. The largest absolute Gasteiger partial charge is 0.316 e. The molecule has 0 fully saturated rings. The van der Waals surface area contributed by atoms with Crippen LogP contribution >= 0.6 is 23.1 Å². The number of nitrogens with one attached hydrogen (secondary N) is 1. The van der Waals surface area contributed by atoms with E-state index in [0.717, 1.165) is 0 Å². The number of aromatic nitrogens is 4. The van der Waals surface area contributed by atoms with Crippen LogP contribution in [0.2, 0.25) is 0 Å². The van der Waals surface area contributed by atoms with Crippen LogP contribution in [0.15, 0.2) is 16.6 Å². The zero-order valence-electron chi connectivity index (χ0n) is 12.7. The molecule has 2 heterocycles. The number of nitriles is 1. The molecule has 0 radical (unpaired) electrons. The van der Waals surface area contributed by atoms with Crippen molar-refractivity contribution >= 4 is 34.0 Å². The molecule has 0 aliphatic rings. The van der Waals surface area contributed by atoms with Crippen molar-refractivity contribution in [3.8, 4) is 6.07 Å². The SMILES string of the molecule is CC(Sc1nnnn1C(C)(C)C)C(=O)Nc1sccc1C#N. The molecule has 2 aromatic rings. The number of thiophene rings is 1. The highest BCUT2D eigenvalue weighted by Gasteiger charge is 2.24. The van der Waals surface area contributed by atoms with E-state index >= 15 is 0 Å². The minimum absolute atomic E-state index is 0.188. The Balaban J connectivity index is 2.07. The molecule has 22 heavy (non-hydrogen) atoms. The lowest BCUT2D eigenvalue weighted by molar-refractivity contribution is -0.115. The van der Waals surface area contributed by atoms with Crippen molar-refractivity contribution in [2.24, 2.45) is 0 Å². The number of hydrogen-bond donors (Lipinski definition) is 1. The molecule has 9 heteroatoms. The van der Waals surface area contributed by atoms with Crippen molar-refractivity contribution < 1.29 is 4.79 Å². The second-order valence-electron chi connectivity index (χ2n) is 5.57. The quantitative estimate of drug-likeness (QED) is 0.862. The van der Waals surface area contributed by atoms with Crippen LogP contribution in [0.4, 0.5) is 5.00 Å². The Bertz CT molecular complexity index is 709. The van der Waals surface area contributed by atoms with E-state index in [1.165, 1.54) is 23.1 Å². The van der Waals surface area contributed by atoms with Gasteiger partial charge >= 0.3 is 0 Å². The van der Waals surface area contributed by atoms with Crippen LogP contribution in [0.5, 0.6) is 0 Å². The summed E-state index contributed by atoms with van der Waals surface area (Å²) >= 11 is 2.61. The second kappa shape index (κ2) is 6.46. The first-order chi connectivity index (χ1) is 10.3. The maximum atomic E-state index is 12.3. The van der Waals surface area contributed by atoms with Crippen LogP contribution < -0.4 is 5.32 Å². The van der Waals surface area contributed by atoms with Gasteiger partial charge in [-0.3, -0.25) is 4.79 Å². The fourth-order valence-electron chi connectivity index (χ4n) is 1.59. The number of carbonyl (C=O) groups is 1. The normalized spacial score (nSPS) is 12.7. The standard InChI is InChI=1S/C13H16N6OS2/c1-8(10(20)15-11-9(7-14)5-6-21-11)22-12-16-17-18-19(12)13(2,3)4/h5-6,8H,1-4H3,(H,15,20). The van der Waals surface area contributed by atoms with E-state index < -0.39 is 0 Å². The molecule has 1 N–H and O–H groups in total. The van der Waals surface area contributed by atoms with E-state index in [0.29, 0.717) is 15.7 Å². The van der Waals surface area contributed by atoms with Gasteiger partial charge in [0.05, 0.1) is 16.4 Å². The number of thioether (sulfide) groups is 1. The Morgan fingerprint density at radius 2 is 2.27 bits per heavy atom. The Labute approximate surface area is 136 Å². The zero-order chi connectivity index (χ0) is 16.3. The van der Waals surface area contributed by atoms with Crippen molar-refractivity contribution in [3.05, 3.63) is 17.0 Å². The van der Waals surface area contributed by atoms with E-state index in [2.05, 4.69) is 20.8 Å². The smallest absolute Gasteiger partial charge is 0.238 e.